The summed E-state index contributed by atoms with van der Waals surface area (Å²) >= 11 is 3.38. The summed E-state index contributed by atoms with van der Waals surface area (Å²) in [5, 5.41) is 6.01. The van der Waals surface area contributed by atoms with Crippen LogP contribution in [0.2, 0.25) is 0 Å². The van der Waals surface area contributed by atoms with Gasteiger partial charge in [-0.3, -0.25) is 14.4 Å². The van der Waals surface area contributed by atoms with Gasteiger partial charge in [-0.2, -0.15) is 0 Å². The number of fused-ring (bicyclic) bond motifs is 1. The Labute approximate surface area is 163 Å². The van der Waals surface area contributed by atoms with Crippen LogP contribution < -0.4 is 16.4 Å². The number of hydrogen-bond donors (Lipinski definition) is 3. The molecule has 8 heteroatoms. The van der Waals surface area contributed by atoms with Crippen LogP contribution in [0.1, 0.15) is 26.5 Å². The highest BCUT2D eigenvalue weighted by Gasteiger charge is 2.12. The van der Waals surface area contributed by atoms with Gasteiger partial charge < -0.3 is 20.8 Å². The minimum atomic E-state index is -0.611. The third-order valence-electron chi connectivity index (χ3n) is 3.79. The van der Waals surface area contributed by atoms with Crippen LogP contribution in [0.3, 0.4) is 0 Å². The van der Waals surface area contributed by atoms with Crippen molar-refractivity contribution in [3.8, 4) is 0 Å². The van der Waals surface area contributed by atoms with Crippen LogP contribution in [0.5, 0.6) is 0 Å². The maximum Gasteiger partial charge on any atom is 0.287 e. The van der Waals surface area contributed by atoms with Crippen molar-refractivity contribution in [1.82, 2.24) is 10.6 Å². The molecule has 138 valence electrons. The second kappa shape index (κ2) is 8.05. The SMILES string of the molecule is NC(=O)CNC(=O)c1ccc(CNC(=O)c2cc3cc(Br)ccc3o2)cc1. The number of furan rings is 1. The molecule has 0 spiro atoms. The molecule has 1 aromatic heterocycles. The molecule has 0 bridgehead atoms. The minimum absolute atomic E-state index is 0.218. The summed E-state index contributed by atoms with van der Waals surface area (Å²) < 4.78 is 6.45. The van der Waals surface area contributed by atoms with Gasteiger partial charge in [-0.25, -0.2) is 0 Å². The number of carbonyl (C=O) groups excluding carboxylic acids is 3. The summed E-state index contributed by atoms with van der Waals surface area (Å²) in [5.74, 6) is -1.10. The summed E-state index contributed by atoms with van der Waals surface area (Å²) in [6, 6.07) is 13.8. The van der Waals surface area contributed by atoms with E-state index < -0.39 is 11.8 Å². The van der Waals surface area contributed by atoms with E-state index in [1.165, 1.54) is 0 Å². The van der Waals surface area contributed by atoms with Crippen molar-refractivity contribution in [2.45, 2.75) is 6.54 Å². The maximum atomic E-state index is 12.3. The van der Waals surface area contributed by atoms with Crippen molar-refractivity contribution < 1.29 is 18.8 Å². The molecule has 0 aliphatic carbocycles. The van der Waals surface area contributed by atoms with Crippen molar-refractivity contribution in [2.75, 3.05) is 6.54 Å². The first kappa shape index (κ1) is 18.7. The van der Waals surface area contributed by atoms with E-state index in [0.717, 1.165) is 15.4 Å². The van der Waals surface area contributed by atoms with E-state index in [0.29, 0.717) is 11.1 Å². The Morgan fingerprint density at radius 1 is 0.963 bits per heavy atom. The van der Waals surface area contributed by atoms with Crippen molar-refractivity contribution in [2.24, 2.45) is 5.73 Å². The number of benzene rings is 2. The zero-order valence-corrected chi connectivity index (χ0v) is 15.7. The van der Waals surface area contributed by atoms with Gasteiger partial charge >= 0.3 is 0 Å². The van der Waals surface area contributed by atoms with Gasteiger partial charge in [0.05, 0.1) is 6.54 Å². The molecule has 0 unspecified atom stereocenters. The molecule has 1 heterocycles. The minimum Gasteiger partial charge on any atom is -0.451 e. The zero-order chi connectivity index (χ0) is 19.4. The summed E-state index contributed by atoms with van der Waals surface area (Å²) in [7, 11) is 0. The van der Waals surface area contributed by atoms with E-state index >= 15 is 0 Å². The predicted molar refractivity (Wildman–Crippen MR) is 103 cm³/mol. The van der Waals surface area contributed by atoms with Crippen LogP contribution in [0, 0.1) is 0 Å². The molecule has 3 amide bonds. The predicted octanol–water partition coefficient (Wildman–Crippen LogP) is 2.34. The molecule has 27 heavy (non-hydrogen) atoms. The van der Waals surface area contributed by atoms with Gasteiger partial charge in [-0.05, 0) is 42.0 Å². The molecule has 0 atom stereocenters. The molecule has 2 aromatic carbocycles. The smallest absolute Gasteiger partial charge is 0.287 e. The zero-order valence-electron chi connectivity index (χ0n) is 14.1. The fourth-order valence-corrected chi connectivity index (χ4v) is 2.82. The Morgan fingerprint density at radius 2 is 1.70 bits per heavy atom. The summed E-state index contributed by atoms with van der Waals surface area (Å²) in [5.41, 5.74) is 6.83. The molecule has 0 radical (unpaired) electrons. The number of nitrogens with two attached hydrogens (primary N) is 1. The van der Waals surface area contributed by atoms with Gasteiger partial charge in [0.15, 0.2) is 5.76 Å². The summed E-state index contributed by atoms with van der Waals surface area (Å²) in [4.78, 5) is 34.8. The van der Waals surface area contributed by atoms with Crippen LogP contribution in [-0.4, -0.2) is 24.3 Å². The van der Waals surface area contributed by atoms with E-state index in [9.17, 15) is 14.4 Å². The third-order valence-corrected chi connectivity index (χ3v) is 4.29. The lowest BCUT2D eigenvalue weighted by molar-refractivity contribution is -0.117. The quantitative estimate of drug-likeness (QED) is 0.557. The number of hydrogen-bond acceptors (Lipinski definition) is 4. The van der Waals surface area contributed by atoms with Crippen LogP contribution in [-0.2, 0) is 11.3 Å². The van der Waals surface area contributed by atoms with Gasteiger partial charge in [0.1, 0.15) is 5.58 Å². The van der Waals surface area contributed by atoms with Crippen molar-refractivity contribution in [1.29, 1.82) is 0 Å². The largest absolute Gasteiger partial charge is 0.451 e. The highest BCUT2D eigenvalue weighted by atomic mass is 79.9. The Balaban J connectivity index is 1.59. The second-order valence-corrected chi connectivity index (χ2v) is 6.74. The van der Waals surface area contributed by atoms with E-state index in [2.05, 4.69) is 26.6 Å². The average molecular weight is 430 g/mol. The van der Waals surface area contributed by atoms with Crippen LogP contribution in [0.15, 0.2) is 57.4 Å². The lowest BCUT2D eigenvalue weighted by Crippen LogP contribution is -2.33. The lowest BCUT2D eigenvalue weighted by Gasteiger charge is -2.06. The number of rotatable bonds is 6. The highest BCUT2D eigenvalue weighted by molar-refractivity contribution is 9.10. The van der Waals surface area contributed by atoms with Gasteiger partial charge in [-0.1, -0.05) is 28.1 Å². The Hall–Kier alpha value is -3.13. The molecule has 0 saturated carbocycles. The number of carbonyl (C=O) groups is 3. The standard InChI is InChI=1S/C19H16BrN3O4/c20-14-5-6-15-13(7-14)8-16(27-15)19(26)22-9-11-1-3-12(4-2-11)18(25)23-10-17(21)24/h1-8H,9-10H2,(H2,21,24)(H,22,26)(H,23,25). The maximum absolute atomic E-state index is 12.3. The topological polar surface area (TPSA) is 114 Å². The number of primary amides is 1. The fourth-order valence-electron chi connectivity index (χ4n) is 2.44. The summed E-state index contributed by atoms with van der Waals surface area (Å²) in [6.07, 6.45) is 0. The molecule has 0 aliphatic heterocycles. The van der Waals surface area contributed by atoms with Crippen molar-refractivity contribution in [3.63, 3.8) is 0 Å². The lowest BCUT2D eigenvalue weighted by atomic mass is 10.1. The van der Waals surface area contributed by atoms with Crippen molar-refractivity contribution >= 4 is 44.6 Å². The third kappa shape index (κ3) is 4.73. The normalized spacial score (nSPS) is 10.6. The van der Waals surface area contributed by atoms with Crippen molar-refractivity contribution in [3.05, 3.63) is 69.9 Å². The molecule has 0 fully saturated rings. The molecule has 7 nitrogen and oxygen atoms in total. The Kier molecular flexibility index (Phi) is 5.56. The monoisotopic (exact) mass is 429 g/mol. The molecule has 4 N–H and O–H groups in total. The Morgan fingerprint density at radius 3 is 2.41 bits per heavy atom. The molecule has 0 aliphatic rings. The first-order chi connectivity index (χ1) is 12.9. The Bertz CT molecular complexity index is 1010. The number of amides is 3. The second-order valence-electron chi connectivity index (χ2n) is 5.82. The molecular weight excluding hydrogens is 414 g/mol. The highest BCUT2D eigenvalue weighted by Crippen LogP contribution is 2.23. The van der Waals surface area contributed by atoms with E-state index in [-0.39, 0.29) is 24.8 Å². The molecule has 0 saturated heterocycles. The van der Waals surface area contributed by atoms with E-state index in [4.69, 9.17) is 10.2 Å². The van der Waals surface area contributed by atoms with Crippen LogP contribution in [0.4, 0.5) is 0 Å². The van der Waals surface area contributed by atoms with Gasteiger partial charge in [-0.15, -0.1) is 0 Å². The van der Waals surface area contributed by atoms with E-state index in [1.807, 2.05) is 12.1 Å². The number of halogens is 1. The first-order valence-corrected chi connectivity index (χ1v) is 8.84. The van der Waals surface area contributed by atoms with Gasteiger partial charge in [0, 0.05) is 22.0 Å². The van der Waals surface area contributed by atoms with Gasteiger partial charge in [0.25, 0.3) is 11.8 Å². The molecule has 3 aromatic rings. The van der Waals surface area contributed by atoms with Crippen LogP contribution >= 0.6 is 15.9 Å². The van der Waals surface area contributed by atoms with Gasteiger partial charge in [0.2, 0.25) is 5.91 Å². The average Bonchev–Trinajstić information content (AvgIpc) is 3.07. The van der Waals surface area contributed by atoms with Crippen LogP contribution in [0.25, 0.3) is 11.0 Å². The molecule has 3 rings (SSSR count). The fraction of sp³-hybridized carbons (Fsp3) is 0.105. The van der Waals surface area contributed by atoms with E-state index in [1.54, 1.807) is 36.4 Å². The first-order valence-electron chi connectivity index (χ1n) is 8.05. The molecular formula is C19H16BrN3O4. The number of nitrogens with one attached hydrogen (secondary N) is 2. The summed E-state index contributed by atoms with van der Waals surface area (Å²) in [6.45, 7) is 0.0630.